The molecule has 0 aliphatic carbocycles. The Kier molecular flexibility index (Phi) is 7.00. The summed E-state index contributed by atoms with van der Waals surface area (Å²) in [6.07, 6.45) is 1.27. The zero-order valence-corrected chi connectivity index (χ0v) is 22.5. The van der Waals surface area contributed by atoms with E-state index in [1.54, 1.807) is 19.1 Å². The fourth-order valence-electron chi connectivity index (χ4n) is 6.77. The number of para-hydroxylation sites is 1. The van der Waals surface area contributed by atoms with Gasteiger partial charge in [-0.25, -0.2) is 0 Å². The number of carbonyl (C=O) groups is 3. The van der Waals surface area contributed by atoms with Crippen LogP contribution in [0.25, 0.3) is 0 Å². The van der Waals surface area contributed by atoms with E-state index in [4.69, 9.17) is 21.1 Å². The smallest absolute Gasteiger partial charge is 0.312 e. The number of aryl methyl sites for hydroxylation is 1. The molecule has 3 aliphatic heterocycles. The van der Waals surface area contributed by atoms with Crippen molar-refractivity contribution in [2.45, 2.75) is 63.3 Å². The lowest BCUT2D eigenvalue weighted by molar-refractivity contribution is -0.160. The normalized spacial score (nSPS) is 30.3. The maximum Gasteiger partial charge on any atom is 0.312 e. The van der Waals surface area contributed by atoms with Crippen LogP contribution < -0.4 is 5.32 Å². The second kappa shape index (κ2) is 9.98. The number of rotatable bonds is 8. The molecular formula is C29H33ClN2O6. The van der Waals surface area contributed by atoms with Gasteiger partial charge in [0.2, 0.25) is 11.8 Å². The summed E-state index contributed by atoms with van der Waals surface area (Å²) in [5.74, 6) is -3.08. The zero-order chi connectivity index (χ0) is 27.2. The van der Waals surface area contributed by atoms with Gasteiger partial charge in [0.1, 0.15) is 17.6 Å². The molecular weight excluding hydrogens is 508 g/mol. The van der Waals surface area contributed by atoms with Gasteiger partial charge >= 0.3 is 5.97 Å². The van der Waals surface area contributed by atoms with Crippen LogP contribution >= 0.6 is 11.6 Å². The molecule has 5 rings (SSSR count). The first kappa shape index (κ1) is 26.7. The quantitative estimate of drug-likeness (QED) is 0.496. The largest absolute Gasteiger partial charge is 0.466 e. The number of likely N-dealkylation sites (tertiary alicyclic amines) is 1. The average molecular weight is 541 g/mol. The van der Waals surface area contributed by atoms with Crippen molar-refractivity contribution in [3.05, 3.63) is 64.7 Å². The van der Waals surface area contributed by atoms with Crippen molar-refractivity contribution >= 4 is 35.1 Å². The van der Waals surface area contributed by atoms with Crippen LogP contribution in [-0.4, -0.2) is 64.3 Å². The Morgan fingerprint density at radius 3 is 2.61 bits per heavy atom. The molecule has 202 valence electrons. The number of ether oxygens (including phenoxy) is 2. The average Bonchev–Trinajstić information content (AvgIpc) is 3.46. The fraction of sp³-hybridized carbons (Fsp3) is 0.483. The maximum atomic E-state index is 14.2. The second-order valence-corrected chi connectivity index (χ2v) is 11.1. The van der Waals surface area contributed by atoms with Crippen LogP contribution in [0.2, 0.25) is 5.02 Å². The van der Waals surface area contributed by atoms with E-state index in [1.165, 1.54) is 4.90 Å². The Balaban J connectivity index is 1.59. The van der Waals surface area contributed by atoms with Gasteiger partial charge in [-0.05, 0) is 57.2 Å². The molecule has 0 saturated carbocycles. The number of hydrogen-bond acceptors (Lipinski definition) is 6. The molecule has 2 N–H and O–H groups in total. The lowest BCUT2D eigenvalue weighted by atomic mass is 9.66. The third-order valence-corrected chi connectivity index (χ3v) is 8.71. The summed E-state index contributed by atoms with van der Waals surface area (Å²) in [5.41, 5.74) is -0.0187. The van der Waals surface area contributed by atoms with Gasteiger partial charge < -0.3 is 24.8 Å². The Morgan fingerprint density at radius 1 is 1.21 bits per heavy atom. The molecule has 2 aromatic rings. The molecule has 6 atom stereocenters. The van der Waals surface area contributed by atoms with Gasteiger partial charge in [0, 0.05) is 0 Å². The number of benzene rings is 2. The van der Waals surface area contributed by atoms with Crippen LogP contribution in [-0.2, 0) is 30.3 Å². The highest BCUT2D eigenvalue weighted by atomic mass is 35.5. The topological polar surface area (TPSA) is 105 Å². The molecule has 3 heterocycles. The Labute approximate surface area is 227 Å². The van der Waals surface area contributed by atoms with Gasteiger partial charge in [-0.1, -0.05) is 54.1 Å². The number of aliphatic hydroxyl groups is 1. The van der Waals surface area contributed by atoms with Crippen LogP contribution in [0.3, 0.4) is 0 Å². The van der Waals surface area contributed by atoms with E-state index in [1.807, 2.05) is 50.2 Å². The molecule has 2 unspecified atom stereocenters. The van der Waals surface area contributed by atoms with Crippen LogP contribution in [0.4, 0.5) is 5.69 Å². The highest BCUT2D eigenvalue weighted by Gasteiger charge is 2.78. The fourth-order valence-corrected chi connectivity index (χ4v) is 7.03. The van der Waals surface area contributed by atoms with Gasteiger partial charge in [-0.15, -0.1) is 0 Å². The maximum absolute atomic E-state index is 14.2. The molecule has 0 aromatic heterocycles. The number of nitrogens with one attached hydrogen (secondary N) is 1. The van der Waals surface area contributed by atoms with E-state index in [0.717, 1.165) is 11.1 Å². The Bertz CT molecular complexity index is 1230. The SMILES string of the molecule is CCOC(=O)[C@@H]1[C@H]2C(=O)N([C@@H](CO)Cc3ccccc3)C(C(=O)Nc3c(C)cccc3Cl)C23CC[C@@]1(C)O3. The van der Waals surface area contributed by atoms with Crippen LogP contribution in [0, 0.1) is 18.8 Å². The first-order valence-electron chi connectivity index (χ1n) is 13.1. The highest BCUT2D eigenvalue weighted by molar-refractivity contribution is 6.34. The lowest BCUT2D eigenvalue weighted by Gasteiger charge is -2.37. The molecule has 0 radical (unpaired) electrons. The molecule has 3 fully saturated rings. The van der Waals surface area contributed by atoms with E-state index in [9.17, 15) is 19.5 Å². The van der Waals surface area contributed by atoms with Crippen LogP contribution in [0.5, 0.6) is 0 Å². The van der Waals surface area contributed by atoms with Gasteiger partial charge in [-0.2, -0.15) is 0 Å². The van der Waals surface area contributed by atoms with Crippen molar-refractivity contribution in [3.63, 3.8) is 0 Å². The molecule has 1 spiro atoms. The number of hydrogen-bond donors (Lipinski definition) is 2. The molecule has 3 aliphatic rings. The van der Waals surface area contributed by atoms with Crippen molar-refractivity contribution in [1.82, 2.24) is 4.90 Å². The van der Waals surface area contributed by atoms with Gasteiger partial charge in [0.25, 0.3) is 0 Å². The van der Waals surface area contributed by atoms with E-state index < -0.39 is 47.0 Å². The number of amides is 2. The summed E-state index contributed by atoms with van der Waals surface area (Å²) < 4.78 is 12.0. The van der Waals surface area contributed by atoms with E-state index in [0.29, 0.717) is 30.0 Å². The van der Waals surface area contributed by atoms with Crippen molar-refractivity contribution in [2.24, 2.45) is 11.8 Å². The summed E-state index contributed by atoms with van der Waals surface area (Å²) in [7, 11) is 0. The standard InChI is InChI=1S/C29H33ClN2O6/c1-4-37-27(36)22-21-26(35)32(19(16-33)15-18-10-6-5-7-11-18)24(29(21)14-13-28(22,3)38-29)25(34)31-23-17(2)9-8-12-20(23)30/h5-12,19,21-22,24,33H,4,13-16H2,1-3H3,(H,31,34)/t19-,21+,22+,24?,28-,29?/m1/s1. The summed E-state index contributed by atoms with van der Waals surface area (Å²) in [6.45, 7) is 5.18. The number of anilines is 1. The van der Waals surface area contributed by atoms with E-state index in [2.05, 4.69) is 5.32 Å². The second-order valence-electron chi connectivity index (χ2n) is 10.7. The summed E-state index contributed by atoms with van der Waals surface area (Å²) in [4.78, 5) is 43.0. The minimum Gasteiger partial charge on any atom is -0.466 e. The molecule has 2 aromatic carbocycles. The number of nitrogens with zero attached hydrogens (tertiary/aromatic N) is 1. The number of carbonyl (C=O) groups excluding carboxylic acids is 3. The summed E-state index contributed by atoms with van der Waals surface area (Å²) in [5, 5.41) is 13.8. The van der Waals surface area contributed by atoms with E-state index >= 15 is 0 Å². The Morgan fingerprint density at radius 2 is 1.95 bits per heavy atom. The van der Waals surface area contributed by atoms with E-state index in [-0.39, 0.29) is 19.1 Å². The number of fused-ring (bicyclic) bond motifs is 1. The molecule has 8 nitrogen and oxygen atoms in total. The monoisotopic (exact) mass is 540 g/mol. The van der Waals surface area contributed by atoms with Crippen LogP contribution in [0.15, 0.2) is 48.5 Å². The minimum atomic E-state index is -1.23. The third-order valence-electron chi connectivity index (χ3n) is 8.39. The van der Waals surface area contributed by atoms with Gasteiger partial charge in [0.15, 0.2) is 0 Å². The van der Waals surface area contributed by atoms with Crippen molar-refractivity contribution in [2.75, 3.05) is 18.5 Å². The molecule has 9 heteroatoms. The molecule has 2 bridgehead atoms. The molecule has 3 saturated heterocycles. The summed E-state index contributed by atoms with van der Waals surface area (Å²) >= 11 is 6.42. The molecule has 2 amide bonds. The van der Waals surface area contributed by atoms with Gasteiger partial charge in [0.05, 0.1) is 41.5 Å². The predicted molar refractivity (Wildman–Crippen MR) is 142 cm³/mol. The lowest BCUT2D eigenvalue weighted by Crippen LogP contribution is -2.57. The van der Waals surface area contributed by atoms with Crippen molar-refractivity contribution < 1.29 is 29.0 Å². The van der Waals surface area contributed by atoms with Gasteiger partial charge in [-0.3, -0.25) is 14.4 Å². The minimum absolute atomic E-state index is 0.173. The number of aliphatic hydroxyl groups excluding tert-OH is 1. The highest BCUT2D eigenvalue weighted by Crippen LogP contribution is 2.63. The van der Waals surface area contributed by atoms with Crippen molar-refractivity contribution in [1.29, 1.82) is 0 Å². The number of halogens is 1. The first-order valence-corrected chi connectivity index (χ1v) is 13.4. The Hall–Kier alpha value is -2.94. The van der Waals surface area contributed by atoms with Crippen molar-refractivity contribution in [3.8, 4) is 0 Å². The first-order chi connectivity index (χ1) is 18.2. The summed E-state index contributed by atoms with van der Waals surface area (Å²) in [6, 6.07) is 13.0. The number of esters is 1. The third kappa shape index (κ3) is 4.10. The molecule has 38 heavy (non-hydrogen) atoms. The predicted octanol–water partition coefficient (Wildman–Crippen LogP) is 3.52. The zero-order valence-electron chi connectivity index (χ0n) is 21.8. The van der Waals surface area contributed by atoms with Crippen LogP contribution in [0.1, 0.15) is 37.8 Å².